The van der Waals surface area contributed by atoms with E-state index in [1.165, 1.54) is 231 Å². The molecule has 588 valence electrons. The maximum atomic E-state index is 13.1. The molecule has 0 aliphatic rings. The number of aliphatic hydroxyl groups is 1. The van der Waals surface area contributed by atoms with E-state index >= 15 is 0 Å². The molecule has 0 aliphatic carbocycles. The molecule has 0 aromatic rings. The molecule has 0 aromatic heterocycles. The van der Waals surface area contributed by atoms with Crippen LogP contribution < -0.4 is 0 Å². The van der Waals surface area contributed by atoms with Crippen LogP contribution in [0.3, 0.4) is 0 Å². The van der Waals surface area contributed by atoms with Crippen molar-refractivity contribution in [3.8, 4) is 0 Å². The molecule has 99 heavy (non-hydrogen) atoms. The summed E-state index contributed by atoms with van der Waals surface area (Å²) in [6, 6.07) is 0. The van der Waals surface area contributed by atoms with Crippen molar-refractivity contribution in [2.24, 2.45) is 11.8 Å². The van der Waals surface area contributed by atoms with E-state index in [1.54, 1.807) is 0 Å². The Balaban J connectivity index is 5.20. The van der Waals surface area contributed by atoms with Crippen LogP contribution in [0.2, 0.25) is 0 Å². The number of unbranched alkanes of at least 4 members (excludes halogenated alkanes) is 49. The van der Waals surface area contributed by atoms with Crippen molar-refractivity contribution in [2.75, 3.05) is 39.6 Å². The van der Waals surface area contributed by atoms with Crippen LogP contribution in [0.1, 0.15) is 420 Å². The fourth-order valence-electron chi connectivity index (χ4n) is 12.4. The summed E-state index contributed by atoms with van der Waals surface area (Å²) in [5.41, 5.74) is 0. The first kappa shape index (κ1) is 97.1. The van der Waals surface area contributed by atoms with Crippen LogP contribution in [0.15, 0.2) is 0 Å². The van der Waals surface area contributed by atoms with Crippen molar-refractivity contribution in [1.82, 2.24) is 0 Å². The molecule has 0 rings (SSSR count). The van der Waals surface area contributed by atoms with Crippen LogP contribution in [0.5, 0.6) is 0 Å². The first-order chi connectivity index (χ1) is 47.9. The van der Waals surface area contributed by atoms with Gasteiger partial charge in [0.15, 0.2) is 12.2 Å². The highest BCUT2D eigenvalue weighted by molar-refractivity contribution is 7.47. The van der Waals surface area contributed by atoms with Gasteiger partial charge in [0.25, 0.3) is 0 Å². The minimum Gasteiger partial charge on any atom is -0.462 e. The maximum absolute atomic E-state index is 13.1. The lowest BCUT2D eigenvalue weighted by Crippen LogP contribution is -2.30. The van der Waals surface area contributed by atoms with Crippen LogP contribution >= 0.6 is 15.6 Å². The van der Waals surface area contributed by atoms with Gasteiger partial charge < -0.3 is 33.8 Å². The minimum atomic E-state index is -4.96. The summed E-state index contributed by atoms with van der Waals surface area (Å²) in [6.07, 6.45) is 61.4. The van der Waals surface area contributed by atoms with Gasteiger partial charge in [-0.3, -0.25) is 37.3 Å². The number of hydrogen-bond acceptors (Lipinski definition) is 15. The van der Waals surface area contributed by atoms with Gasteiger partial charge in [-0.15, -0.1) is 0 Å². The molecule has 0 radical (unpaired) electrons. The van der Waals surface area contributed by atoms with Gasteiger partial charge in [0.05, 0.1) is 26.4 Å². The highest BCUT2D eigenvalue weighted by Gasteiger charge is 2.30. The topological polar surface area (TPSA) is 237 Å². The van der Waals surface area contributed by atoms with Gasteiger partial charge in [0.2, 0.25) is 0 Å². The Hall–Kier alpha value is -1.94. The zero-order valence-corrected chi connectivity index (χ0v) is 66.6. The SMILES string of the molecule is CCCCCCCCCCCCCCCCCCCCCCCC(=O)O[C@H](COC(=O)CCCCCCCCCCCCCCCCCCC)COP(=O)(O)OC[C@@H](O)COP(=O)(O)OC[C@@H](COC(=O)CCCCCCCCCC(C)C)OC(=O)CCCCCCCCCCC(C)C. The lowest BCUT2D eigenvalue weighted by Gasteiger charge is -2.21. The van der Waals surface area contributed by atoms with E-state index < -0.39 is 97.5 Å². The zero-order chi connectivity index (χ0) is 72.8. The van der Waals surface area contributed by atoms with Gasteiger partial charge in [-0.1, -0.05) is 369 Å². The molecular weight excluding hydrogens is 1290 g/mol. The number of phosphoric acid groups is 2. The smallest absolute Gasteiger partial charge is 0.462 e. The molecule has 0 amide bonds. The molecule has 5 atom stereocenters. The fraction of sp³-hybridized carbons (Fsp3) is 0.950. The number of ether oxygens (including phenoxy) is 4. The molecule has 2 unspecified atom stereocenters. The first-order valence-corrected chi connectivity index (χ1v) is 44.5. The Bertz CT molecular complexity index is 1910. The van der Waals surface area contributed by atoms with Gasteiger partial charge in [-0.25, -0.2) is 9.13 Å². The van der Waals surface area contributed by atoms with E-state index in [1.807, 2.05) is 0 Å². The van der Waals surface area contributed by atoms with E-state index in [9.17, 15) is 43.2 Å². The van der Waals surface area contributed by atoms with Crippen LogP contribution in [0, 0.1) is 11.8 Å². The normalized spacial score (nSPS) is 13.9. The number of carbonyl (C=O) groups is 4. The molecule has 0 saturated carbocycles. The summed E-state index contributed by atoms with van der Waals surface area (Å²) in [5, 5.41) is 10.6. The van der Waals surface area contributed by atoms with Crippen LogP contribution in [-0.2, 0) is 65.4 Å². The standard InChI is InChI=1S/C80H156O17P2/c1-7-9-11-13-15-17-19-21-23-25-26-27-28-30-32-34-36-38-45-52-58-64-79(84)96-75(68-90-77(82)62-56-50-44-37-35-33-31-29-24-22-20-18-16-14-12-10-8-2)70-94-98(86,87)92-66-74(81)67-93-99(88,89)95-71-76(69-91-78(83)63-57-51-47-41-43-49-55-61-73(5)6)97-80(85)65-59-53-46-40-39-42-48-54-60-72(3)4/h72-76,81H,7-71H2,1-6H3,(H,86,87)(H,88,89)/t74-,75-,76-/m1/s1. The quantitative estimate of drug-likeness (QED) is 0.0222. The summed E-state index contributed by atoms with van der Waals surface area (Å²) in [4.78, 5) is 72.9. The highest BCUT2D eigenvalue weighted by atomic mass is 31.2. The zero-order valence-electron chi connectivity index (χ0n) is 64.8. The monoisotopic (exact) mass is 1450 g/mol. The van der Waals surface area contributed by atoms with E-state index in [4.69, 9.17) is 37.0 Å². The highest BCUT2D eigenvalue weighted by Crippen LogP contribution is 2.45. The maximum Gasteiger partial charge on any atom is 0.472 e. The lowest BCUT2D eigenvalue weighted by molar-refractivity contribution is -0.161. The summed E-state index contributed by atoms with van der Waals surface area (Å²) in [5.74, 6) is -0.691. The summed E-state index contributed by atoms with van der Waals surface area (Å²) >= 11 is 0. The Kier molecular flexibility index (Phi) is 70.3. The van der Waals surface area contributed by atoms with E-state index in [0.29, 0.717) is 31.6 Å². The van der Waals surface area contributed by atoms with E-state index in [-0.39, 0.29) is 25.7 Å². The molecule has 0 bridgehead atoms. The molecule has 0 aliphatic heterocycles. The van der Waals surface area contributed by atoms with Crippen molar-refractivity contribution >= 4 is 39.5 Å². The second kappa shape index (κ2) is 71.7. The van der Waals surface area contributed by atoms with Crippen molar-refractivity contribution < 1.29 is 80.2 Å². The van der Waals surface area contributed by atoms with Gasteiger partial charge in [-0.2, -0.15) is 0 Å². The van der Waals surface area contributed by atoms with E-state index in [2.05, 4.69) is 41.5 Å². The molecule has 17 nitrogen and oxygen atoms in total. The number of carbonyl (C=O) groups excluding carboxylic acids is 4. The average molecular weight is 1450 g/mol. The average Bonchev–Trinajstić information content (AvgIpc) is 0.960. The Labute approximate surface area is 607 Å². The first-order valence-electron chi connectivity index (χ1n) is 41.5. The predicted molar refractivity (Wildman–Crippen MR) is 405 cm³/mol. The van der Waals surface area contributed by atoms with Crippen molar-refractivity contribution in [3.63, 3.8) is 0 Å². The molecule has 0 fully saturated rings. The van der Waals surface area contributed by atoms with Crippen molar-refractivity contribution in [1.29, 1.82) is 0 Å². The number of esters is 4. The van der Waals surface area contributed by atoms with E-state index in [0.717, 1.165) is 102 Å². The summed E-state index contributed by atoms with van der Waals surface area (Å²) in [6.45, 7) is 9.52. The third-order valence-corrected chi connectivity index (χ3v) is 20.6. The second-order valence-electron chi connectivity index (χ2n) is 29.8. The summed E-state index contributed by atoms with van der Waals surface area (Å²) in [7, 11) is -9.92. The molecule has 0 saturated heterocycles. The lowest BCUT2D eigenvalue weighted by atomic mass is 10.0. The van der Waals surface area contributed by atoms with Crippen LogP contribution in [0.25, 0.3) is 0 Å². The summed E-state index contributed by atoms with van der Waals surface area (Å²) < 4.78 is 68.6. The third kappa shape index (κ3) is 74.1. The second-order valence-corrected chi connectivity index (χ2v) is 32.7. The molecular formula is C80H156O17P2. The van der Waals surface area contributed by atoms with Crippen molar-refractivity contribution in [2.45, 2.75) is 439 Å². The number of phosphoric ester groups is 2. The van der Waals surface area contributed by atoms with Crippen LogP contribution in [-0.4, -0.2) is 96.7 Å². The molecule has 0 aromatic carbocycles. The van der Waals surface area contributed by atoms with Gasteiger partial charge in [0, 0.05) is 25.7 Å². The van der Waals surface area contributed by atoms with Crippen LogP contribution in [0.4, 0.5) is 0 Å². The minimum absolute atomic E-state index is 0.104. The predicted octanol–water partition coefficient (Wildman–Crippen LogP) is 23.9. The molecule has 0 heterocycles. The number of aliphatic hydroxyl groups excluding tert-OH is 1. The van der Waals surface area contributed by atoms with Gasteiger partial charge in [0.1, 0.15) is 19.3 Å². The van der Waals surface area contributed by atoms with Gasteiger partial charge >= 0.3 is 39.5 Å². The Morgan fingerprint density at radius 2 is 0.465 bits per heavy atom. The molecule has 3 N–H and O–H groups in total. The molecule has 19 heteroatoms. The van der Waals surface area contributed by atoms with Gasteiger partial charge in [-0.05, 0) is 37.5 Å². The Morgan fingerprint density at radius 3 is 0.687 bits per heavy atom. The third-order valence-electron chi connectivity index (χ3n) is 18.7. The number of rotatable bonds is 79. The number of hydrogen-bond donors (Lipinski definition) is 3. The molecule has 0 spiro atoms. The fourth-order valence-corrected chi connectivity index (χ4v) is 13.9. The Morgan fingerprint density at radius 1 is 0.273 bits per heavy atom. The van der Waals surface area contributed by atoms with Crippen molar-refractivity contribution in [3.05, 3.63) is 0 Å². The largest absolute Gasteiger partial charge is 0.472 e.